The Hall–Kier alpha value is -3.73. The molecule has 29 heavy (non-hydrogen) atoms. The van der Waals surface area contributed by atoms with Crippen LogP contribution >= 0.6 is 0 Å². The second kappa shape index (κ2) is 8.52. The molecule has 1 aliphatic rings. The largest absolute Gasteiger partial charge is 0.449 e. The average Bonchev–Trinajstić information content (AvgIpc) is 3.09. The molecule has 1 aromatic heterocycles. The third kappa shape index (κ3) is 4.09. The van der Waals surface area contributed by atoms with Crippen LogP contribution in [0.2, 0.25) is 0 Å². The van der Waals surface area contributed by atoms with Crippen molar-refractivity contribution in [3.05, 3.63) is 95.3 Å². The number of ether oxygens (including phenoxy) is 1. The van der Waals surface area contributed by atoms with E-state index >= 15 is 0 Å². The molecule has 144 valence electrons. The number of nitrogens with one attached hydrogen (secondary N) is 1. The van der Waals surface area contributed by atoms with E-state index in [1.54, 1.807) is 30.5 Å². The molecule has 0 aliphatic heterocycles. The number of nitrogens with zero attached hydrogens (tertiary/aromatic N) is 1. The molecule has 0 radical (unpaired) electrons. The SMILES string of the molecule is O=Cc1ccnc(C=CCNC(=O)OCC2c3ccccc3-c3ccccc32)c1. The minimum absolute atomic E-state index is 0.0407. The summed E-state index contributed by atoms with van der Waals surface area (Å²) in [6.07, 6.45) is 5.39. The number of pyridine rings is 1. The first-order valence-electron chi connectivity index (χ1n) is 9.43. The Bertz CT molecular complexity index is 1030. The lowest BCUT2D eigenvalue weighted by molar-refractivity contribution is 0.112. The number of carbonyl (C=O) groups is 2. The van der Waals surface area contributed by atoms with Crippen molar-refractivity contribution in [3.63, 3.8) is 0 Å². The number of fused-ring (bicyclic) bond motifs is 3. The van der Waals surface area contributed by atoms with Crippen LogP contribution in [-0.2, 0) is 4.74 Å². The number of amides is 1. The maximum Gasteiger partial charge on any atom is 0.407 e. The van der Waals surface area contributed by atoms with Crippen LogP contribution in [-0.4, -0.2) is 30.5 Å². The van der Waals surface area contributed by atoms with E-state index in [1.165, 1.54) is 22.3 Å². The minimum Gasteiger partial charge on any atom is -0.449 e. The topological polar surface area (TPSA) is 68.3 Å². The molecule has 1 aliphatic carbocycles. The first-order chi connectivity index (χ1) is 14.3. The molecule has 1 heterocycles. The van der Waals surface area contributed by atoms with E-state index in [-0.39, 0.29) is 12.5 Å². The van der Waals surface area contributed by atoms with Crippen LogP contribution in [0.1, 0.15) is 33.1 Å². The van der Waals surface area contributed by atoms with Gasteiger partial charge in [-0.25, -0.2) is 4.79 Å². The molecule has 4 rings (SSSR count). The van der Waals surface area contributed by atoms with E-state index in [9.17, 15) is 9.59 Å². The van der Waals surface area contributed by atoms with E-state index in [4.69, 9.17) is 4.74 Å². The molecule has 2 aromatic carbocycles. The maximum absolute atomic E-state index is 12.1. The van der Waals surface area contributed by atoms with Gasteiger partial charge in [-0.1, -0.05) is 54.6 Å². The molecule has 3 aromatic rings. The van der Waals surface area contributed by atoms with Gasteiger partial charge in [0.05, 0.1) is 5.69 Å². The van der Waals surface area contributed by atoms with Crippen LogP contribution in [0, 0.1) is 0 Å². The lowest BCUT2D eigenvalue weighted by Gasteiger charge is -2.14. The van der Waals surface area contributed by atoms with E-state index in [1.807, 2.05) is 24.3 Å². The molecule has 5 nitrogen and oxygen atoms in total. The molecule has 0 saturated carbocycles. The van der Waals surface area contributed by atoms with Crippen LogP contribution in [0.25, 0.3) is 17.2 Å². The van der Waals surface area contributed by atoms with E-state index in [2.05, 4.69) is 34.6 Å². The first-order valence-corrected chi connectivity index (χ1v) is 9.43. The third-order valence-electron chi connectivity index (χ3n) is 4.94. The van der Waals surface area contributed by atoms with E-state index < -0.39 is 6.09 Å². The van der Waals surface area contributed by atoms with Crippen LogP contribution in [0.3, 0.4) is 0 Å². The fraction of sp³-hybridized carbons (Fsp3) is 0.125. The van der Waals surface area contributed by atoms with Gasteiger partial charge in [-0.15, -0.1) is 0 Å². The van der Waals surface area contributed by atoms with Gasteiger partial charge >= 0.3 is 6.09 Å². The van der Waals surface area contributed by atoms with Gasteiger partial charge in [0.15, 0.2) is 0 Å². The van der Waals surface area contributed by atoms with E-state index in [0.717, 1.165) is 6.29 Å². The summed E-state index contributed by atoms with van der Waals surface area (Å²) in [5, 5.41) is 2.71. The quantitative estimate of drug-likeness (QED) is 0.638. The van der Waals surface area contributed by atoms with Crippen molar-refractivity contribution in [2.45, 2.75) is 5.92 Å². The third-order valence-corrected chi connectivity index (χ3v) is 4.94. The van der Waals surface area contributed by atoms with Crippen LogP contribution < -0.4 is 5.32 Å². The van der Waals surface area contributed by atoms with Gasteiger partial charge in [0, 0.05) is 24.2 Å². The highest BCUT2D eigenvalue weighted by Gasteiger charge is 2.28. The van der Waals surface area contributed by atoms with Gasteiger partial charge in [0.1, 0.15) is 12.9 Å². The van der Waals surface area contributed by atoms with Crippen molar-refractivity contribution in [3.8, 4) is 11.1 Å². The zero-order valence-corrected chi connectivity index (χ0v) is 15.7. The van der Waals surface area contributed by atoms with Crippen molar-refractivity contribution in [2.24, 2.45) is 0 Å². The molecular weight excluding hydrogens is 364 g/mol. The Morgan fingerprint density at radius 3 is 2.41 bits per heavy atom. The number of hydrogen-bond acceptors (Lipinski definition) is 4. The lowest BCUT2D eigenvalue weighted by atomic mass is 9.98. The highest BCUT2D eigenvalue weighted by molar-refractivity contribution is 5.79. The Morgan fingerprint density at radius 2 is 1.72 bits per heavy atom. The molecule has 0 atom stereocenters. The Balaban J connectivity index is 1.33. The zero-order chi connectivity index (χ0) is 20.1. The molecule has 1 amide bonds. The van der Waals surface area contributed by atoms with Gasteiger partial charge in [-0.3, -0.25) is 9.78 Å². The monoisotopic (exact) mass is 384 g/mol. The fourth-order valence-electron chi connectivity index (χ4n) is 3.60. The number of alkyl carbamates (subject to hydrolysis) is 1. The summed E-state index contributed by atoms with van der Waals surface area (Å²) >= 11 is 0. The smallest absolute Gasteiger partial charge is 0.407 e. The first kappa shape index (κ1) is 18.6. The minimum atomic E-state index is -0.467. The van der Waals surface area contributed by atoms with Gasteiger partial charge in [-0.05, 0) is 40.5 Å². The number of rotatable bonds is 6. The number of hydrogen-bond donors (Lipinski definition) is 1. The maximum atomic E-state index is 12.1. The average molecular weight is 384 g/mol. The van der Waals surface area contributed by atoms with Crippen LogP contribution in [0.5, 0.6) is 0 Å². The Labute approximate surface area is 169 Å². The summed E-state index contributed by atoms with van der Waals surface area (Å²) in [6.45, 7) is 0.593. The molecule has 5 heteroatoms. The van der Waals surface area contributed by atoms with Crippen molar-refractivity contribution < 1.29 is 14.3 Å². The number of carbonyl (C=O) groups excluding carboxylic acids is 2. The summed E-state index contributed by atoms with van der Waals surface area (Å²) in [4.78, 5) is 27.0. The summed E-state index contributed by atoms with van der Waals surface area (Å²) in [7, 11) is 0. The number of aldehydes is 1. The van der Waals surface area contributed by atoms with Crippen LogP contribution in [0.15, 0.2) is 72.9 Å². The summed E-state index contributed by atoms with van der Waals surface area (Å²) in [5.41, 5.74) is 5.98. The molecule has 1 N–H and O–H groups in total. The van der Waals surface area contributed by atoms with Crippen molar-refractivity contribution in [2.75, 3.05) is 13.2 Å². The predicted octanol–water partition coefficient (Wildman–Crippen LogP) is 4.45. The van der Waals surface area contributed by atoms with Gasteiger partial charge in [-0.2, -0.15) is 0 Å². The molecule has 0 spiro atoms. The summed E-state index contributed by atoms with van der Waals surface area (Å²) in [6, 6.07) is 19.8. The number of aromatic nitrogens is 1. The standard InChI is InChI=1S/C24H20N2O3/c27-15-17-11-13-25-18(14-17)6-5-12-26-24(28)29-16-23-21-9-3-1-7-19(21)20-8-2-4-10-22(20)23/h1-11,13-15,23H,12,16H2,(H,26,28). The van der Waals surface area contributed by atoms with Gasteiger partial charge < -0.3 is 10.1 Å². The summed E-state index contributed by atoms with van der Waals surface area (Å²) in [5.74, 6) is 0.0407. The second-order valence-electron chi connectivity index (χ2n) is 6.74. The molecular formula is C24H20N2O3. The van der Waals surface area contributed by atoms with Crippen LogP contribution in [0.4, 0.5) is 4.79 Å². The molecule has 0 bridgehead atoms. The highest BCUT2D eigenvalue weighted by Crippen LogP contribution is 2.44. The molecule has 0 fully saturated rings. The van der Waals surface area contributed by atoms with Crippen molar-refractivity contribution >= 4 is 18.5 Å². The van der Waals surface area contributed by atoms with Crippen molar-refractivity contribution in [1.82, 2.24) is 10.3 Å². The Kier molecular flexibility index (Phi) is 5.47. The zero-order valence-electron chi connectivity index (χ0n) is 15.7. The van der Waals surface area contributed by atoms with Gasteiger partial charge in [0.2, 0.25) is 0 Å². The Morgan fingerprint density at radius 1 is 1.03 bits per heavy atom. The lowest BCUT2D eigenvalue weighted by Crippen LogP contribution is -2.26. The predicted molar refractivity (Wildman–Crippen MR) is 112 cm³/mol. The fourth-order valence-corrected chi connectivity index (χ4v) is 3.60. The summed E-state index contributed by atoms with van der Waals surface area (Å²) < 4.78 is 5.48. The highest BCUT2D eigenvalue weighted by atomic mass is 16.5. The number of benzene rings is 2. The second-order valence-corrected chi connectivity index (χ2v) is 6.74. The van der Waals surface area contributed by atoms with E-state index in [0.29, 0.717) is 17.8 Å². The molecule has 0 saturated heterocycles. The molecule has 0 unspecified atom stereocenters. The normalized spacial score (nSPS) is 12.4. The van der Waals surface area contributed by atoms with Gasteiger partial charge in [0.25, 0.3) is 0 Å². The van der Waals surface area contributed by atoms with Crippen molar-refractivity contribution in [1.29, 1.82) is 0 Å².